The van der Waals surface area contributed by atoms with Crippen molar-refractivity contribution in [3.05, 3.63) is 29.5 Å². The Bertz CT molecular complexity index is 1230. The lowest BCUT2D eigenvalue weighted by atomic mass is 10.2. The Morgan fingerprint density at radius 1 is 1.27 bits per heavy atom. The summed E-state index contributed by atoms with van der Waals surface area (Å²) < 4.78 is 58.6. The molecular weight excluding hydrogens is 428 g/mol. The predicted octanol–water partition coefficient (Wildman–Crippen LogP) is 2.44. The Morgan fingerprint density at radius 2 is 2.00 bits per heavy atom. The largest absolute Gasteiger partial charge is 0.436 e. The fraction of sp³-hybridized carbons (Fsp3) is 0.474. The summed E-state index contributed by atoms with van der Waals surface area (Å²) in [6.45, 7) is 6.14. The number of ether oxygens (including phenoxy) is 1. The molecule has 3 heterocycles. The minimum absolute atomic E-state index is 0.0228. The monoisotopic (exact) mass is 452 g/mol. The van der Waals surface area contributed by atoms with E-state index in [0.29, 0.717) is 48.1 Å². The summed E-state index contributed by atoms with van der Waals surface area (Å²) in [4.78, 5) is 4.59. The summed E-state index contributed by atoms with van der Waals surface area (Å²) >= 11 is 0. The van der Waals surface area contributed by atoms with Crippen molar-refractivity contribution in [1.82, 2.24) is 14.1 Å². The standard InChI is InChI=1S/C19H24N4O5S2/c1-4-22(5-2)30(26,27)15-6-7-18-17(10-15)20-11-16-13(3)21-23(19(16)28-18)14-8-9-29(24,25)12-14/h6-7,10-11,14H,4-5,8-9,12H2,1-3H3/t14-/m1/s1. The zero-order valence-electron chi connectivity index (χ0n) is 17.1. The molecular formula is C19H24N4O5S2. The highest BCUT2D eigenvalue weighted by Crippen LogP contribution is 2.40. The number of hydrogen-bond acceptors (Lipinski definition) is 7. The van der Waals surface area contributed by atoms with E-state index in [2.05, 4.69) is 10.1 Å². The smallest absolute Gasteiger partial charge is 0.243 e. The van der Waals surface area contributed by atoms with Crippen molar-refractivity contribution in [2.75, 3.05) is 24.6 Å². The fourth-order valence-electron chi connectivity index (χ4n) is 3.80. The summed E-state index contributed by atoms with van der Waals surface area (Å²) in [6.07, 6.45) is 2.07. The molecule has 0 saturated carbocycles. The average molecular weight is 453 g/mol. The number of nitrogens with zero attached hydrogens (tertiary/aromatic N) is 4. The minimum atomic E-state index is -3.62. The van der Waals surface area contributed by atoms with Crippen LogP contribution in [-0.4, -0.2) is 61.7 Å². The zero-order valence-corrected chi connectivity index (χ0v) is 18.7. The van der Waals surface area contributed by atoms with Gasteiger partial charge in [-0.25, -0.2) is 21.5 Å². The van der Waals surface area contributed by atoms with Crippen LogP contribution >= 0.6 is 0 Å². The van der Waals surface area contributed by atoms with Crippen LogP contribution in [0.15, 0.2) is 28.1 Å². The van der Waals surface area contributed by atoms with Crippen LogP contribution in [0.25, 0.3) is 0 Å². The fourth-order valence-corrected chi connectivity index (χ4v) is 6.97. The van der Waals surface area contributed by atoms with Crippen molar-refractivity contribution in [3.63, 3.8) is 0 Å². The van der Waals surface area contributed by atoms with Crippen LogP contribution in [0.2, 0.25) is 0 Å². The first kappa shape index (κ1) is 21.0. The molecule has 1 fully saturated rings. The number of aryl methyl sites for hydroxylation is 1. The maximum Gasteiger partial charge on any atom is 0.243 e. The maximum atomic E-state index is 12.8. The lowest BCUT2D eigenvalue weighted by Crippen LogP contribution is -2.30. The number of fused-ring (bicyclic) bond motifs is 2. The minimum Gasteiger partial charge on any atom is -0.436 e. The van der Waals surface area contributed by atoms with Gasteiger partial charge < -0.3 is 4.74 Å². The van der Waals surface area contributed by atoms with Gasteiger partial charge in [-0.3, -0.25) is 4.99 Å². The van der Waals surface area contributed by atoms with Crippen LogP contribution in [-0.2, 0) is 19.9 Å². The normalized spacial score (nSPS) is 19.9. The second kappa shape index (κ2) is 7.47. The van der Waals surface area contributed by atoms with Crippen molar-refractivity contribution in [2.45, 2.75) is 38.1 Å². The zero-order chi connectivity index (χ0) is 21.7. The second-order valence-corrected chi connectivity index (χ2v) is 11.6. The molecule has 0 radical (unpaired) electrons. The van der Waals surface area contributed by atoms with Gasteiger partial charge in [-0.2, -0.15) is 9.40 Å². The lowest BCUT2D eigenvalue weighted by Gasteiger charge is -2.19. The topological polar surface area (TPSA) is 111 Å². The van der Waals surface area contributed by atoms with Gasteiger partial charge in [0.25, 0.3) is 0 Å². The number of benzene rings is 1. The summed E-state index contributed by atoms with van der Waals surface area (Å²) in [7, 11) is -6.71. The number of hydrogen-bond donors (Lipinski definition) is 0. The van der Waals surface area contributed by atoms with E-state index in [1.807, 2.05) is 0 Å². The molecule has 0 aliphatic carbocycles. The number of sulfone groups is 1. The molecule has 0 unspecified atom stereocenters. The highest BCUT2D eigenvalue weighted by molar-refractivity contribution is 7.91. The molecule has 0 spiro atoms. The van der Waals surface area contributed by atoms with E-state index in [9.17, 15) is 16.8 Å². The first-order valence-electron chi connectivity index (χ1n) is 9.82. The molecule has 162 valence electrons. The number of aromatic nitrogens is 2. The van der Waals surface area contributed by atoms with Gasteiger partial charge in [-0.15, -0.1) is 0 Å². The van der Waals surface area contributed by atoms with Crippen LogP contribution in [0.3, 0.4) is 0 Å². The van der Waals surface area contributed by atoms with Crippen molar-refractivity contribution >= 4 is 31.8 Å². The Labute approximate surface area is 176 Å². The lowest BCUT2D eigenvalue weighted by molar-refractivity contribution is 0.380. The highest BCUT2D eigenvalue weighted by Gasteiger charge is 2.34. The highest BCUT2D eigenvalue weighted by atomic mass is 32.2. The van der Waals surface area contributed by atoms with Gasteiger partial charge in [-0.05, 0) is 31.5 Å². The number of rotatable bonds is 5. The van der Waals surface area contributed by atoms with Gasteiger partial charge in [0.1, 0.15) is 5.69 Å². The van der Waals surface area contributed by atoms with Crippen LogP contribution in [0.1, 0.15) is 37.6 Å². The molecule has 2 aliphatic rings. The summed E-state index contributed by atoms with van der Waals surface area (Å²) in [5.41, 5.74) is 1.72. The van der Waals surface area contributed by atoms with Crippen LogP contribution in [0, 0.1) is 6.92 Å². The molecule has 0 N–H and O–H groups in total. The molecule has 1 atom stereocenters. The summed E-state index contributed by atoms with van der Waals surface area (Å²) in [5, 5.41) is 4.49. The third kappa shape index (κ3) is 3.54. The van der Waals surface area contributed by atoms with Gasteiger partial charge in [0, 0.05) is 19.3 Å². The van der Waals surface area contributed by atoms with E-state index < -0.39 is 19.9 Å². The molecule has 1 aromatic heterocycles. The maximum absolute atomic E-state index is 12.8. The Balaban J connectivity index is 1.74. The van der Waals surface area contributed by atoms with E-state index in [0.717, 1.165) is 0 Å². The first-order chi connectivity index (χ1) is 14.2. The number of aliphatic imine (C=N–C) groups is 1. The van der Waals surface area contributed by atoms with Gasteiger partial charge in [0.2, 0.25) is 15.9 Å². The molecule has 2 aromatic rings. The van der Waals surface area contributed by atoms with Gasteiger partial charge >= 0.3 is 0 Å². The average Bonchev–Trinajstić information content (AvgIpc) is 3.12. The van der Waals surface area contributed by atoms with Crippen LogP contribution in [0.4, 0.5) is 5.69 Å². The first-order valence-corrected chi connectivity index (χ1v) is 13.1. The Hall–Kier alpha value is -2.24. The van der Waals surface area contributed by atoms with E-state index >= 15 is 0 Å². The van der Waals surface area contributed by atoms with E-state index in [-0.39, 0.29) is 22.4 Å². The van der Waals surface area contributed by atoms with Gasteiger partial charge in [0.05, 0.1) is 33.7 Å². The molecule has 0 amide bonds. The molecule has 11 heteroatoms. The number of sulfonamides is 1. The molecule has 1 aromatic carbocycles. The molecule has 9 nitrogen and oxygen atoms in total. The van der Waals surface area contributed by atoms with E-state index in [1.54, 1.807) is 37.7 Å². The van der Waals surface area contributed by atoms with Crippen molar-refractivity contribution in [1.29, 1.82) is 0 Å². The SMILES string of the molecule is CCN(CC)S(=O)(=O)c1ccc2c(c1)N=Cc1c(C)nn([C@@H]3CCS(=O)(=O)C3)c1O2. The Kier molecular flexibility index (Phi) is 5.23. The quantitative estimate of drug-likeness (QED) is 0.588. The van der Waals surface area contributed by atoms with E-state index in [4.69, 9.17) is 4.74 Å². The third-order valence-corrected chi connectivity index (χ3v) is 9.25. The molecule has 30 heavy (non-hydrogen) atoms. The van der Waals surface area contributed by atoms with Crippen molar-refractivity contribution in [2.24, 2.45) is 4.99 Å². The summed E-state index contributed by atoms with van der Waals surface area (Å²) in [6, 6.07) is 4.28. The molecule has 2 aliphatic heterocycles. The van der Waals surface area contributed by atoms with Crippen molar-refractivity contribution in [3.8, 4) is 11.6 Å². The second-order valence-electron chi connectivity index (χ2n) is 7.38. The predicted molar refractivity (Wildman–Crippen MR) is 113 cm³/mol. The Morgan fingerprint density at radius 3 is 2.63 bits per heavy atom. The molecule has 0 bridgehead atoms. The molecule has 4 rings (SSSR count). The van der Waals surface area contributed by atoms with Crippen molar-refractivity contribution < 1.29 is 21.6 Å². The third-order valence-electron chi connectivity index (χ3n) is 5.45. The van der Waals surface area contributed by atoms with E-state index in [1.165, 1.54) is 16.4 Å². The summed E-state index contributed by atoms with van der Waals surface area (Å²) in [5.74, 6) is 0.972. The van der Waals surface area contributed by atoms with Gasteiger partial charge in [-0.1, -0.05) is 13.8 Å². The van der Waals surface area contributed by atoms with Crippen LogP contribution < -0.4 is 4.74 Å². The van der Waals surface area contributed by atoms with Gasteiger partial charge in [0.15, 0.2) is 15.6 Å². The molecule has 1 saturated heterocycles. The van der Waals surface area contributed by atoms with Crippen LogP contribution in [0.5, 0.6) is 11.6 Å².